The fraction of sp³-hybridized carbons (Fsp3) is 0.0833. The maximum Gasteiger partial charge on any atom is 0.295 e. The van der Waals surface area contributed by atoms with Crippen LogP contribution >= 0.6 is 31.9 Å². The fourth-order valence-corrected chi connectivity index (χ4v) is 2.73. The Morgan fingerprint density at radius 3 is 2.67 bits per heavy atom. The number of pyridine rings is 1. The molecule has 0 aliphatic heterocycles. The summed E-state index contributed by atoms with van der Waals surface area (Å²) in [4.78, 5) is 14.1. The number of nitrogens with one attached hydrogen (secondary N) is 1. The van der Waals surface area contributed by atoms with Gasteiger partial charge in [0.15, 0.2) is 17.3 Å². The maximum atomic E-state index is 13.7. The van der Waals surface area contributed by atoms with Crippen LogP contribution in [0.5, 0.6) is 0 Å². The van der Waals surface area contributed by atoms with Gasteiger partial charge in [-0.1, -0.05) is 0 Å². The van der Waals surface area contributed by atoms with E-state index in [9.17, 15) is 18.9 Å². The average Bonchev–Trinajstić information content (AvgIpc) is 2.41. The van der Waals surface area contributed by atoms with Gasteiger partial charge in [-0.05, 0) is 44.0 Å². The Kier molecular flexibility index (Phi) is 4.84. The molecule has 9 heteroatoms. The highest BCUT2D eigenvalue weighted by Crippen LogP contribution is 2.30. The number of nitro groups is 1. The number of nitrogens with zero attached hydrogens (tertiary/aromatic N) is 2. The molecule has 5 nitrogen and oxygen atoms in total. The highest BCUT2D eigenvalue weighted by atomic mass is 79.9. The van der Waals surface area contributed by atoms with E-state index in [4.69, 9.17) is 0 Å². The van der Waals surface area contributed by atoms with Gasteiger partial charge in [0, 0.05) is 21.2 Å². The molecule has 0 unspecified atom stereocenters. The van der Waals surface area contributed by atoms with Crippen molar-refractivity contribution in [3.8, 4) is 0 Å². The van der Waals surface area contributed by atoms with Crippen molar-refractivity contribution in [2.24, 2.45) is 0 Å². The Balaban J connectivity index is 2.31. The molecule has 110 valence electrons. The van der Waals surface area contributed by atoms with Crippen LogP contribution in [-0.2, 0) is 6.54 Å². The molecule has 0 amide bonds. The zero-order valence-corrected chi connectivity index (χ0v) is 13.4. The summed E-state index contributed by atoms with van der Waals surface area (Å²) in [5.74, 6) is -2.46. The Bertz CT molecular complexity index is 713. The highest BCUT2D eigenvalue weighted by molar-refractivity contribution is 9.11. The standard InChI is InChI=1S/C12H7Br2F2N3O2/c13-6-3-7(14)9(17-4-6)5-18-12-10(19(20)21)2-1-8(15)11(12)16/h1-4,18H,5H2. The van der Waals surface area contributed by atoms with Crippen LogP contribution in [0.1, 0.15) is 5.69 Å². The molecular formula is C12H7Br2F2N3O2. The quantitative estimate of drug-likeness (QED) is 0.585. The summed E-state index contributed by atoms with van der Waals surface area (Å²) >= 11 is 6.50. The van der Waals surface area contributed by atoms with Crippen molar-refractivity contribution in [3.63, 3.8) is 0 Å². The van der Waals surface area contributed by atoms with Crippen molar-refractivity contribution in [3.05, 3.63) is 60.8 Å². The van der Waals surface area contributed by atoms with Crippen LogP contribution in [0, 0.1) is 21.7 Å². The van der Waals surface area contributed by atoms with E-state index in [0.717, 1.165) is 10.5 Å². The lowest BCUT2D eigenvalue weighted by molar-refractivity contribution is -0.384. The lowest BCUT2D eigenvalue weighted by atomic mass is 10.2. The molecule has 0 saturated carbocycles. The van der Waals surface area contributed by atoms with Crippen LogP contribution in [-0.4, -0.2) is 9.91 Å². The first-order chi connectivity index (χ1) is 9.90. The zero-order chi connectivity index (χ0) is 15.6. The first-order valence-corrected chi connectivity index (χ1v) is 7.15. The van der Waals surface area contributed by atoms with E-state index in [0.29, 0.717) is 16.2 Å². The number of rotatable bonds is 4. The average molecular weight is 423 g/mol. The van der Waals surface area contributed by atoms with E-state index in [2.05, 4.69) is 42.2 Å². The maximum absolute atomic E-state index is 13.7. The normalized spacial score (nSPS) is 10.5. The van der Waals surface area contributed by atoms with Crippen molar-refractivity contribution in [1.82, 2.24) is 4.98 Å². The zero-order valence-electron chi connectivity index (χ0n) is 10.2. The molecule has 0 radical (unpaired) electrons. The molecule has 2 aromatic rings. The van der Waals surface area contributed by atoms with Crippen molar-refractivity contribution < 1.29 is 13.7 Å². The van der Waals surface area contributed by atoms with Crippen LogP contribution in [0.4, 0.5) is 20.2 Å². The fourth-order valence-electron chi connectivity index (χ4n) is 1.61. The summed E-state index contributed by atoms with van der Waals surface area (Å²) in [6.07, 6.45) is 1.53. The molecular weight excluding hydrogens is 416 g/mol. The Hall–Kier alpha value is -1.61. The smallest absolute Gasteiger partial charge is 0.295 e. The van der Waals surface area contributed by atoms with Gasteiger partial charge in [-0.15, -0.1) is 0 Å². The van der Waals surface area contributed by atoms with Gasteiger partial charge in [0.2, 0.25) is 0 Å². The summed E-state index contributed by atoms with van der Waals surface area (Å²) in [7, 11) is 0. The van der Waals surface area contributed by atoms with Gasteiger partial charge in [-0.3, -0.25) is 15.1 Å². The lowest BCUT2D eigenvalue weighted by Gasteiger charge is -2.09. The molecule has 0 atom stereocenters. The molecule has 21 heavy (non-hydrogen) atoms. The SMILES string of the molecule is O=[N+]([O-])c1ccc(F)c(F)c1NCc1ncc(Br)cc1Br. The first-order valence-electron chi connectivity index (χ1n) is 5.56. The largest absolute Gasteiger partial charge is 0.371 e. The number of aromatic nitrogens is 1. The first kappa shape index (κ1) is 15.8. The van der Waals surface area contributed by atoms with Crippen molar-refractivity contribution >= 4 is 43.2 Å². The molecule has 0 fully saturated rings. The van der Waals surface area contributed by atoms with Crippen molar-refractivity contribution in [2.45, 2.75) is 6.54 Å². The van der Waals surface area contributed by atoms with Crippen LogP contribution in [0.3, 0.4) is 0 Å². The summed E-state index contributed by atoms with van der Waals surface area (Å²) in [5.41, 5.74) is -0.546. The number of nitro benzene ring substituents is 1. The van der Waals surface area contributed by atoms with E-state index in [1.54, 1.807) is 6.07 Å². The van der Waals surface area contributed by atoms with Crippen molar-refractivity contribution in [1.29, 1.82) is 0 Å². The summed E-state index contributed by atoms with van der Waals surface area (Å²) < 4.78 is 28.3. The molecule has 1 heterocycles. The summed E-state index contributed by atoms with van der Waals surface area (Å²) in [6.45, 7) is -0.00488. The lowest BCUT2D eigenvalue weighted by Crippen LogP contribution is -2.07. The highest BCUT2D eigenvalue weighted by Gasteiger charge is 2.21. The third-order valence-electron chi connectivity index (χ3n) is 2.59. The van der Waals surface area contributed by atoms with E-state index in [1.165, 1.54) is 6.20 Å². The van der Waals surface area contributed by atoms with Gasteiger partial charge < -0.3 is 5.32 Å². The third kappa shape index (κ3) is 3.53. The second-order valence-electron chi connectivity index (χ2n) is 3.95. The van der Waals surface area contributed by atoms with Crippen LogP contribution in [0.15, 0.2) is 33.3 Å². The van der Waals surface area contributed by atoms with E-state index in [-0.39, 0.29) is 6.54 Å². The van der Waals surface area contributed by atoms with Crippen molar-refractivity contribution in [2.75, 3.05) is 5.32 Å². The summed E-state index contributed by atoms with van der Waals surface area (Å²) in [6, 6.07) is 3.34. The molecule has 0 spiro atoms. The summed E-state index contributed by atoms with van der Waals surface area (Å²) in [5, 5.41) is 13.4. The minimum atomic E-state index is -1.29. The number of benzene rings is 1. The van der Waals surface area contributed by atoms with Gasteiger partial charge in [0.05, 0.1) is 17.2 Å². The minimum absolute atomic E-state index is 0.00488. The minimum Gasteiger partial charge on any atom is -0.371 e. The predicted octanol–water partition coefficient (Wildman–Crippen LogP) is 4.41. The molecule has 0 aliphatic carbocycles. The monoisotopic (exact) mass is 421 g/mol. The second kappa shape index (κ2) is 6.44. The Labute approximate surface area is 134 Å². The molecule has 0 bridgehead atoms. The Morgan fingerprint density at radius 2 is 2.05 bits per heavy atom. The molecule has 0 saturated heterocycles. The molecule has 1 aromatic carbocycles. The topological polar surface area (TPSA) is 68.1 Å². The van der Waals surface area contributed by atoms with Crippen LogP contribution in [0.2, 0.25) is 0 Å². The molecule has 1 aromatic heterocycles. The Morgan fingerprint density at radius 1 is 1.33 bits per heavy atom. The number of halogens is 4. The number of anilines is 1. The molecule has 1 N–H and O–H groups in total. The van der Waals surface area contributed by atoms with Gasteiger partial charge in [0.1, 0.15) is 0 Å². The van der Waals surface area contributed by atoms with E-state index < -0.39 is 27.9 Å². The van der Waals surface area contributed by atoms with Gasteiger partial charge in [0.25, 0.3) is 5.69 Å². The second-order valence-corrected chi connectivity index (χ2v) is 5.72. The molecule has 0 aliphatic rings. The van der Waals surface area contributed by atoms with Gasteiger partial charge in [-0.25, -0.2) is 8.78 Å². The number of hydrogen-bond donors (Lipinski definition) is 1. The molecule has 2 rings (SSSR count). The van der Waals surface area contributed by atoms with Gasteiger partial charge in [-0.2, -0.15) is 0 Å². The van der Waals surface area contributed by atoms with E-state index in [1.807, 2.05) is 0 Å². The van der Waals surface area contributed by atoms with Crippen LogP contribution in [0.25, 0.3) is 0 Å². The predicted molar refractivity (Wildman–Crippen MR) is 80.0 cm³/mol. The van der Waals surface area contributed by atoms with Crippen LogP contribution < -0.4 is 5.32 Å². The van der Waals surface area contributed by atoms with E-state index >= 15 is 0 Å². The third-order valence-corrected chi connectivity index (χ3v) is 3.71. The number of hydrogen-bond acceptors (Lipinski definition) is 4. The van der Waals surface area contributed by atoms with Gasteiger partial charge >= 0.3 is 0 Å².